The van der Waals surface area contributed by atoms with Crippen LogP contribution in [0.3, 0.4) is 0 Å². The highest BCUT2D eigenvalue weighted by Gasteiger charge is 2.32. The monoisotopic (exact) mass is 555 g/mol. The van der Waals surface area contributed by atoms with Crippen molar-refractivity contribution in [2.24, 2.45) is 0 Å². The van der Waals surface area contributed by atoms with Crippen molar-refractivity contribution in [2.75, 3.05) is 23.7 Å². The summed E-state index contributed by atoms with van der Waals surface area (Å²) in [6.45, 7) is 7.77. The normalized spacial score (nSPS) is 12.3. The van der Waals surface area contributed by atoms with Crippen molar-refractivity contribution in [3.8, 4) is 0 Å². The van der Waals surface area contributed by atoms with Crippen LogP contribution in [0.4, 0.5) is 5.69 Å². The van der Waals surface area contributed by atoms with Crippen LogP contribution in [0, 0.1) is 0 Å². The molecule has 2 aromatic rings. The molecule has 2 amide bonds. The zero-order valence-corrected chi connectivity index (χ0v) is 23.8. The molecule has 0 aliphatic rings. The molecule has 0 aliphatic carbocycles. The van der Waals surface area contributed by atoms with Gasteiger partial charge in [0, 0.05) is 13.1 Å². The summed E-state index contributed by atoms with van der Waals surface area (Å²) in [6, 6.07) is 11.3. The molecule has 10 heteroatoms. The number of para-hydroxylation sites is 1. The number of nitrogens with zero attached hydrogens (tertiary/aromatic N) is 2. The number of hydrogen-bond acceptors (Lipinski definition) is 4. The van der Waals surface area contributed by atoms with Crippen molar-refractivity contribution < 1.29 is 18.0 Å². The van der Waals surface area contributed by atoms with Gasteiger partial charge in [-0.25, -0.2) is 8.42 Å². The van der Waals surface area contributed by atoms with Crippen LogP contribution < -0.4 is 9.62 Å². The summed E-state index contributed by atoms with van der Waals surface area (Å²) >= 11 is 12.2. The standard InChI is InChI=1S/C26H35Cl2N3O4S/c1-6-14-29-26(33)23(7-2)30(16-19-12-13-21(27)22(28)15-19)25(32)17-31(36(5,34)35)24-11-9-8-10-20(24)18(3)4/h8-13,15,18,23H,6-7,14,16-17H2,1-5H3,(H,29,33). The molecule has 2 rings (SSSR count). The molecule has 0 aromatic heterocycles. The summed E-state index contributed by atoms with van der Waals surface area (Å²) in [5, 5.41) is 3.55. The Hall–Kier alpha value is -2.29. The van der Waals surface area contributed by atoms with Crippen LogP contribution in [0.1, 0.15) is 57.6 Å². The predicted octanol–water partition coefficient (Wildman–Crippen LogP) is 5.22. The Morgan fingerprint density at radius 1 is 1.03 bits per heavy atom. The minimum absolute atomic E-state index is 0.0380. The van der Waals surface area contributed by atoms with Crippen molar-refractivity contribution >= 4 is 50.7 Å². The SMILES string of the molecule is CCCNC(=O)C(CC)N(Cc1ccc(Cl)c(Cl)c1)C(=O)CN(c1ccccc1C(C)C)S(C)(=O)=O. The first-order valence-corrected chi connectivity index (χ1v) is 14.6. The van der Waals surface area contributed by atoms with Gasteiger partial charge in [-0.2, -0.15) is 0 Å². The number of halogens is 2. The van der Waals surface area contributed by atoms with E-state index in [-0.39, 0.29) is 18.4 Å². The highest BCUT2D eigenvalue weighted by molar-refractivity contribution is 7.92. The van der Waals surface area contributed by atoms with Crippen LogP contribution in [0.5, 0.6) is 0 Å². The summed E-state index contributed by atoms with van der Waals surface area (Å²) in [6.07, 6.45) is 2.17. The topological polar surface area (TPSA) is 86.8 Å². The van der Waals surface area contributed by atoms with Gasteiger partial charge in [0.25, 0.3) is 0 Å². The van der Waals surface area contributed by atoms with Crippen LogP contribution in [0.2, 0.25) is 10.0 Å². The van der Waals surface area contributed by atoms with E-state index in [1.165, 1.54) is 4.90 Å². The Balaban J connectivity index is 2.51. The van der Waals surface area contributed by atoms with Gasteiger partial charge in [0.1, 0.15) is 12.6 Å². The number of hydrogen-bond donors (Lipinski definition) is 1. The number of amides is 2. The summed E-state index contributed by atoms with van der Waals surface area (Å²) in [7, 11) is -3.81. The maximum Gasteiger partial charge on any atom is 0.244 e. The Bertz CT molecular complexity index is 1170. The number of nitrogens with one attached hydrogen (secondary N) is 1. The average Bonchev–Trinajstić information content (AvgIpc) is 2.82. The van der Waals surface area contributed by atoms with Gasteiger partial charge in [-0.3, -0.25) is 13.9 Å². The Kier molecular flexibility index (Phi) is 11.1. The minimum Gasteiger partial charge on any atom is -0.354 e. The van der Waals surface area contributed by atoms with Crippen LogP contribution >= 0.6 is 23.2 Å². The molecule has 0 spiro atoms. The lowest BCUT2D eigenvalue weighted by Crippen LogP contribution is -2.52. The summed E-state index contributed by atoms with van der Waals surface area (Å²) in [4.78, 5) is 28.2. The minimum atomic E-state index is -3.81. The van der Waals surface area contributed by atoms with E-state index in [1.54, 1.807) is 30.3 Å². The first-order chi connectivity index (χ1) is 16.9. The molecule has 1 unspecified atom stereocenters. The van der Waals surface area contributed by atoms with Gasteiger partial charge in [-0.1, -0.05) is 75.2 Å². The molecule has 0 bridgehead atoms. The highest BCUT2D eigenvalue weighted by atomic mass is 35.5. The van der Waals surface area contributed by atoms with E-state index in [4.69, 9.17) is 23.2 Å². The molecular weight excluding hydrogens is 521 g/mol. The highest BCUT2D eigenvalue weighted by Crippen LogP contribution is 2.29. The molecule has 1 atom stereocenters. The van der Waals surface area contributed by atoms with Gasteiger partial charge in [-0.15, -0.1) is 0 Å². The largest absolute Gasteiger partial charge is 0.354 e. The van der Waals surface area contributed by atoms with Crippen molar-refractivity contribution in [2.45, 2.75) is 59.0 Å². The molecule has 0 saturated carbocycles. The van der Waals surface area contributed by atoms with E-state index in [0.717, 1.165) is 22.5 Å². The molecule has 198 valence electrons. The second-order valence-corrected chi connectivity index (χ2v) is 11.7. The molecule has 36 heavy (non-hydrogen) atoms. The van der Waals surface area contributed by atoms with E-state index in [9.17, 15) is 18.0 Å². The summed E-state index contributed by atoms with van der Waals surface area (Å²) in [5.41, 5.74) is 1.92. The van der Waals surface area contributed by atoms with Gasteiger partial charge in [0.15, 0.2) is 0 Å². The van der Waals surface area contributed by atoms with E-state index >= 15 is 0 Å². The third-order valence-electron chi connectivity index (χ3n) is 5.78. The maximum atomic E-state index is 13.8. The third kappa shape index (κ3) is 7.85. The van der Waals surface area contributed by atoms with Crippen LogP contribution in [0.25, 0.3) is 0 Å². The molecule has 0 fully saturated rings. The molecule has 7 nitrogen and oxygen atoms in total. The van der Waals surface area contributed by atoms with Crippen molar-refractivity contribution in [1.82, 2.24) is 10.2 Å². The van der Waals surface area contributed by atoms with Crippen molar-refractivity contribution in [1.29, 1.82) is 0 Å². The first-order valence-electron chi connectivity index (χ1n) is 12.0. The number of anilines is 1. The number of sulfonamides is 1. The van der Waals surface area contributed by atoms with E-state index in [2.05, 4.69) is 5.32 Å². The zero-order valence-electron chi connectivity index (χ0n) is 21.4. The second kappa shape index (κ2) is 13.3. The maximum absolute atomic E-state index is 13.8. The molecule has 0 aliphatic heterocycles. The lowest BCUT2D eigenvalue weighted by atomic mass is 10.0. The second-order valence-electron chi connectivity index (χ2n) is 8.97. The van der Waals surface area contributed by atoms with E-state index in [0.29, 0.717) is 34.3 Å². The van der Waals surface area contributed by atoms with Gasteiger partial charge >= 0.3 is 0 Å². The van der Waals surface area contributed by atoms with Crippen molar-refractivity contribution in [3.05, 3.63) is 63.6 Å². The summed E-state index contributed by atoms with van der Waals surface area (Å²) in [5.74, 6) is -0.749. The fraction of sp³-hybridized carbons (Fsp3) is 0.462. The van der Waals surface area contributed by atoms with Crippen LogP contribution in [-0.4, -0.2) is 50.5 Å². The molecule has 0 radical (unpaired) electrons. The lowest BCUT2D eigenvalue weighted by Gasteiger charge is -2.33. The number of carbonyl (C=O) groups is 2. The Morgan fingerprint density at radius 2 is 1.69 bits per heavy atom. The predicted molar refractivity (Wildman–Crippen MR) is 147 cm³/mol. The lowest BCUT2D eigenvalue weighted by molar-refractivity contribution is -0.140. The molecule has 1 N–H and O–H groups in total. The van der Waals surface area contributed by atoms with Gasteiger partial charge in [0.05, 0.1) is 22.0 Å². The number of benzene rings is 2. The Labute approximate surface area is 224 Å². The average molecular weight is 557 g/mol. The molecule has 0 heterocycles. The molecule has 2 aromatic carbocycles. The number of carbonyl (C=O) groups excluding carboxylic acids is 2. The third-order valence-corrected chi connectivity index (χ3v) is 7.64. The van der Waals surface area contributed by atoms with E-state index in [1.807, 2.05) is 39.8 Å². The van der Waals surface area contributed by atoms with Crippen LogP contribution in [-0.2, 0) is 26.2 Å². The van der Waals surface area contributed by atoms with Gasteiger partial charge < -0.3 is 10.2 Å². The Morgan fingerprint density at radius 3 is 2.25 bits per heavy atom. The fourth-order valence-corrected chi connectivity index (χ4v) is 5.11. The molecular formula is C26H35Cl2N3O4S. The van der Waals surface area contributed by atoms with E-state index < -0.39 is 28.5 Å². The van der Waals surface area contributed by atoms with Crippen molar-refractivity contribution in [3.63, 3.8) is 0 Å². The zero-order chi connectivity index (χ0) is 27.0. The first kappa shape index (κ1) is 29.9. The quantitative estimate of drug-likeness (QED) is 0.389. The van der Waals surface area contributed by atoms with Gasteiger partial charge in [0.2, 0.25) is 21.8 Å². The number of rotatable bonds is 12. The molecule has 0 saturated heterocycles. The van der Waals surface area contributed by atoms with Gasteiger partial charge in [-0.05, 0) is 48.1 Å². The smallest absolute Gasteiger partial charge is 0.244 e. The summed E-state index contributed by atoms with van der Waals surface area (Å²) < 4.78 is 26.8. The van der Waals surface area contributed by atoms with Crippen LogP contribution in [0.15, 0.2) is 42.5 Å². The fourth-order valence-electron chi connectivity index (χ4n) is 3.92.